The van der Waals surface area contributed by atoms with Crippen LogP contribution < -0.4 is 0 Å². The number of aliphatic hydroxyl groups is 6. The van der Waals surface area contributed by atoms with Crippen molar-refractivity contribution in [1.82, 2.24) is 0 Å². The van der Waals surface area contributed by atoms with E-state index < -0.39 is 36.6 Å². The normalized spacial score (nSPS) is 40.8. The number of hydrogen-bond donors (Lipinski definition) is 6. The van der Waals surface area contributed by atoms with E-state index in [1.807, 2.05) is 0 Å². The summed E-state index contributed by atoms with van der Waals surface area (Å²) in [5.74, 6) is 0. The first-order valence-electron chi connectivity index (χ1n) is 4.84. The summed E-state index contributed by atoms with van der Waals surface area (Å²) in [5.41, 5.74) is 0. The number of hydrogen-bond acceptors (Lipinski definition) is 7. The molecule has 0 aromatic heterocycles. The van der Waals surface area contributed by atoms with E-state index in [0.29, 0.717) is 0 Å². The quantitative estimate of drug-likeness (QED) is 0.298. The Labute approximate surface area is 98.5 Å². The standard InChI is InChI=1S/C6H12O6.C4H6O/c7-1-2(8)4(10)6(12)5(11)3(1)9;1-3-5-4-2/h1-12H;3-4H,1-2H2. The Morgan fingerprint density at radius 2 is 0.765 bits per heavy atom. The Morgan fingerprint density at radius 1 is 0.588 bits per heavy atom. The lowest BCUT2D eigenvalue weighted by Gasteiger charge is -2.39. The minimum atomic E-state index is -1.64. The molecule has 0 bridgehead atoms. The summed E-state index contributed by atoms with van der Waals surface area (Å²) in [6.45, 7) is 6.51. The SMILES string of the molecule is C=COC=C.OC1C(O)C(O)C(O)C(O)C1O. The third-order valence-corrected chi connectivity index (χ3v) is 2.29. The molecule has 0 atom stereocenters. The molecule has 0 aromatic carbocycles. The van der Waals surface area contributed by atoms with E-state index in [1.165, 1.54) is 12.5 Å². The lowest BCUT2D eigenvalue weighted by Crippen LogP contribution is -2.63. The molecule has 1 aliphatic rings. The van der Waals surface area contributed by atoms with Crippen molar-refractivity contribution in [3.63, 3.8) is 0 Å². The summed E-state index contributed by atoms with van der Waals surface area (Å²) >= 11 is 0. The predicted octanol–water partition coefficient (Wildman–Crippen LogP) is -2.54. The zero-order valence-corrected chi connectivity index (χ0v) is 9.12. The minimum absolute atomic E-state index is 1.31. The van der Waals surface area contributed by atoms with Crippen LogP contribution in [-0.2, 0) is 4.74 Å². The molecule has 1 rings (SSSR count). The van der Waals surface area contributed by atoms with Gasteiger partial charge in [0.2, 0.25) is 0 Å². The molecule has 0 unspecified atom stereocenters. The number of aliphatic hydroxyl groups excluding tert-OH is 6. The fraction of sp³-hybridized carbons (Fsp3) is 0.600. The summed E-state index contributed by atoms with van der Waals surface area (Å²) in [5, 5.41) is 53.8. The van der Waals surface area contributed by atoms with Gasteiger partial charge in [-0.25, -0.2) is 0 Å². The van der Waals surface area contributed by atoms with Gasteiger partial charge < -0.3 is 35.4 Å². The van der Waals surface area contributed by atoms with Crippen LogP contribution in [0, 0.1) is 0 Å². The van der Waals surface area contributed by atoms with Crippen molar-refractivity contribution in [2.45, 2.75) is 36.6 Å². The summed E-state index contributed by atoms with van der Waals surface area (Å²) < 4.78 is 4.36. The van der Waals surface area contributed by atoms with Crippen LogP contribution in [-0.4, -0.2) is 67.3 Å². The molecule has 0 spiro atoms. The van der Waals surface area contributed by atoms with Gasteiger partial charge in [0.05, 0.1) is 12.5 Å². The minimum Gasteiger partial charge on any atom is -0.474 e. The lowest BCUT2D eigenvalue weighted by atomic mass is 9.85. The van der Waals surface area contributed by atoms with Gasteiger partial charge in [0.15, 0.2) is 0 Å². The second kappa shape index (κ2) is 7.38. The molecule has 1 fully saturated rings. The monoisotopic (exact) mass is 250 g/mol. The van der Waals surface area contributed by atoms with Gasteiger partial charge >= 0.3 is 0 Å². The Hall–Kier alpha value is -0.960. The summed E-state index contributed by atoms with van der Waals surface area (Å²) in [7, 11) is 0. The van der Waals surface area contributed by atoms with Gasteiger partial charge in [-0.15, -0.1) is 0 Å². The lowest BCUT2D eigenvalue weighted by molar-refractivity contribution is -0.223. The molecule has 7 nitrogen and oxygen atoms in total. The van der Waals surface area contributed by atoms with E-state index in [2.05, 4.69) is 17.9 Å². The number of ether oxygens (including phenoxy) is 1. The third kappa shape index (κ3) is 4.08. The highest BCUT2D eigenvalue weighted by Crippen LogP contribution is 2.20. The van der Waals surface area contributed by atoms with Crippen molar-refractivity contribution in [2.24, 2.45) is 0 Å². The van der Waals surface area contributed by atoms with Crippen molar-refractivity contribution in [1.29, 1.82) is 0 Å². The van der Waals surface area contributed by atoms with E-state index in [-0.39, 0.29) is 0 Å². The molecule has 0 aliphatic heterocycles. The van der Waals surface area contributed by atoms with Gasteiger partial charge in [-0.05, 0) is 0 Å². The Morgan fingerprint density at radius 3 is 0.824 bits per heavy atom. The molecule has 1 saturated carbocycles. The van der Waals surface area contributed by atoms with E-state index in [1.54, 1.807) is 0 Å². The first-order valence-corrected chi connectivity index (χ1v) is 4.84. The van der Waals surface area contributed by atoms with Crippen molar-refractivity contribution in [3.05, 3.63) is 25.7 Å². The molecule has 0 heterocycles. The largest absolute Gasteiger partial charge is 0.474 e. The smallest absolute Gasteiger partial charge is 0.111 e. The second-order valence-electron chi connectivity index (χ2n) is 3.41. The highest BCUT2D eigenvalue weighted by atomic mass is 16.5. The Bertz CT molecular complexity index is 180. The summed E-state index contributed by atoms with van der Waals surface area (Å²) in [6.07, 6.45) is -7.22. The van der Waals surface area contributed by atoms with Crippen LogP contribution in [0.2, 0.25) is 0 Å². The van der Waals surface area contributed by atoms with Crippen LogP contribution in [0.25, 0.3) is 0 Å². The van der Waals surface area contributed by atoms with E-state index in [9.17, 15) is 0 Å². The Kier molecular flexibility index (Phi) is 6.97. The first kappa shape index (κ1) is 16.0. The van der Waals surface area contributed by atoms with Gasteiger partial charge in [-0.3, -0.25) is 0 Å². The van der Waals surface area contributed by atoms with Crippen LogP contribution in [0.15, 0.2) is 25.7 Å². The third-order valence-electron chi connectivity index (χ3n) is 2.29. The van der Waals surface area contributed by atoms with Gasteiger partial charge in [0.1, 0.15) is 36.6 Å². The van der Waals surface area contributed by atoms with Crippen LogP contribution in [0.4, 0.5) is 0 Å². The maximum absolute atomic E-state index is 8.97. The zero-order valence-electron chi connectivity index (χ0n) is 9.12. The van der Waals surface area contributed by atoms with E-state index in [0.717, 1.165) is 0 Å². The van der Waals surface area contributed by atoms with Gasteiger partial charge in [-0.1, -0.05) is 13.2 Å². The van der Waals surface area contributed by atoms with Gasteiger partial charge in [-0.2, -0.15) is 0 Å². The van der Waals surface area contributed by atoms with Crippen molar-refractivity contribution in [3.8, 4) is 0 Å². The zero-order chi connectivity index (χ0) is 13.6. The molecule has 0 aromatic rings. The molecule has 7 heteroatoms. The summed E-state index contributed by atoms with van der Waals surface area (Å²) in [4.78, 5) is 0. The molecule has 17 heavy (non-hydrogen) atoms. The molecule has 1 aliphatic carbocycles. The molecule has 0 saturated heterocycles. The van der Waals surface area contributed by atoms with Crippen LogP contribution in [0.1, 0.15) is 0 Å². The average molecular weight is 250 g/mol. The maximum Gasteiger partial charge on any atom is 0.111 e. The van der Waals surface area contributed by atoms with E-state index in [4.69, 9.17) is 30.6 Å². The van der Waals surface area contributed by atoms with Crippen LogP contribution in [0.5, 0.6) is 0 Å². The van der Waals surface area contributed by atoms with Crippen molar-refractivity contribution < 1.29 is 35.4 Å². The molecule has 6 N–H and O–H groups in total. The topological polar surface area (TPSA) is 131 Å². The Balaban J connectivity index is 0.000000437. The number of rotatable bonds is 2. The molecular weight excluding hydrogens is 232 g/mol. The van der Waals surface area contributed by atoms with Crippen molar-refractivity contribution >= 4 is 0 Å². The maximum atomic E-state index is 8.97. The fourth-order valence-corrected chi connectivity index (χ4v) is 1.28. The van der Waals surface area contributed by atoms with Gasteiger partial charge in [0.25, 0.3) is 0 Å². The highest BCUT2D eigenvalue weighted by molar-refractivity contribution is 4.98. The van der Waals surface area contributed by atoms with E-state index >= 15 is 0 Å². The molecule has 100 valence electrons. The molecular formula is C10H18O7. The fourth-order valence-electron chi connectivity index (χ4n) is 1.28. The van der Waals surface area contributed by atoms with Crippen molar-refractivity contribution in [2.75, 3.05) is 0 Å². The summed E-state index contributed by atoms with van der Waals surface area (Å²) in [6, 6.07) is 0. The predicted molar refractivity (Wildman–Crippen MR) is 57.5 cm³/mol. The van der Waals surface area contributed by atoms with Gasteiger partial charge in [0, 0.05) is 0 Å². The second-order valence-corrected chi connectivity index (χ2v) is 3.41. The molecule has 0 radical (unpaired) electrons. The highest BCUT2D eigenvalue weighted by Gasteiger charge is 2.47. The van der Waals surface area contributed by atoms with Crippen LogP contribution in [0.3, 0.4) is 0 Å². The average Bonchev–Trinajstić information content (AvgIpc) is 2.33. The molecule has 0 amide bonds. The first-order chi connectivity index (χ1) is 7.88. The van der Waals surface area contributed by atoms with Crippen LogP contribution >= 0.6 is 0 Å².